The van der Waals surface area contributed by atoms with E-state index in [2.05, 4.69) is 9.97 Å². The molecule has 6 nitrogen and oxygen atoms in total. The van der Waals surface area contributed by atoms with Crippen LogP contribution in [0.5, 0.6) is 0 Å². The number of benzene rings is 1. The Morgan fingerprint density at radius 3 is 2.78 bits per heavy atom. The highest BCUT2D eigenvalue weighted by atomic mass is 16.4. The molecule has 0 aliphatic heterocycles. The van der Waals surface area contributed by atoms with E-state index in [1.54, 1.807) is 24.3 Å². The van der Waals surface area contributed by atoms with Crippen molar-refractivity contribution >= 4 is 22.9 Å². The first-order chi connectivity index (χ1) is 8.56. The van der Waals surface area contributed by atoms with Crippen LogP contribution in [0.15, 0.2) is 33.9 Å². The van der Waals surface area contributed by atoms with Gasteiger partial charge in [-0.05, 0) is 17.7 Å². The summed E-state index contributed by atoms with van der Waals surface area (Å²) in [6.45, 7) is 0. The third-order valence-corrected chi connectivity index (χ3v) is 2.37. The Bertz CT molecular complexity index is 740. The Morgan fingerprint density at radius 2 is 2.06 bits per heavy atom. The van der Waals surface area contributed by atoms with Gasteiger partial charge in [0.05, 0.1) is 17.3 Å². The normalized spacial score (nSPS) is 11.1. The minimum atomic E-state index is -0.922. The number of carboxylic acid groups (broad SMARTS) is 1. The molecule has 0 aliphatic rings. The van der Waals surface area contributed by atoms with E-state index in [9.17, 15) is 14.4 Å². The number of carboxylic acids is 1. The predicted octanol–water partition coefficient (Wildman–Crippen LogP) is 0.704. The molecule has 3 N–H and O–H groups in total. The Hall–Kier alpha value is -2.63. The van der Waals surface area contributed by atoms with E-state index < -0.39 is 17.2 Å². The van der Waals surface area contributed by atoms with E-state index in [1.807, 2.05) is 0 Å². The van der Waals surface area contributed by atoms with Gasteiger partial charge < -0.3 is 10.1 Å². The zero-order valence-electron chi connectivity index (χ0n) is 9.27. The molecule has 0 spiro atoms. The van der Waals surface area contributed by atoms with Crippen LogP contribution in [-0.2, 0) is 4.79 Å². The van der Waals surface area contributed by atoms with Crippen molar-refractivity contribution in [1.29, 1.82) is 0 Å². The average molecular weight is 246 g/mol. The molecule has 18 heavy (non-hydrogen) atoms. The molecule has 0 radical (unpaired) electrons. The first-order valence-electron chi connectivity index (χ1n) is 5.21. The highest BCUT2D eigenvalue weighted by molar-refractivity contribution is 5.80. The molecule has 1 aromatic carbocycles. The SMILES string of the molecule is O=C(O)CC=Cc1ccc2[nH]c(=O)[nH]c(=O)c2c1. The summed E-state index contributed by atoms with van der Waals surface area (Å²) in [5.74, 6) is -0.922. The van der Waals surface area contributed by atoms with Gasteiger partial charge in [0, 0.05) is 0 Å². The molecular weight excluding hydrogens is 236 g/mol. The number of aromatic amines is 2. The fourth-order valence-corrected chi connectivity index (χ4v) is 1.58. The van der Waals surface area contributed by atoms with Gasteiger partial charge in [0.15, 0.2) is 0 Å². The molecule has 1 aromatic heterocycles. The van der Waals surface area contributed by atoms with Gasteiger partial charge in [-0.25, -0.2) is 4.79 Å². The van der Waals surface area contributed by atoms with Crippen LogP contribution in [0.4, 0.5) is 0 Å². The van der Waals surface area contributed by atoms with Gasteiger partial charge >= 0.3 is 11.7 Å². The molecule has 0 saturated carbocycles. The maximum atomic E-state index is 11.5. The van der Waals surface area contributed by atoms with Crippen LogP contribution in [0.2, 0.25) is 0 Å². The monoisotopic (exact) mass is 246 g/mol. The lowest BCUT2D eigenvalue weighted by Crippen LogP contribution is -2.21. The minimum Gasteiger partial charge on any atom is -0.481 e. The number of hydrogen-bond donors (Lipinski definition) is 3. The van der Waals surface area contributed by atoms with Crippen LogP contribution >= 0.6 is 0 Å². The molecule has 6 heteroatoms. The summed E-state index contributed by atoms with van der Waals surface area (Å²) in [5.41, 5.74) is 0.115. The second-order valence-corrected chi connectivity index (χ2v) is 3.71. The van der Waals surface area contributed by atoms with Crippen LogP contribution < -0.4 is 11.2 Å². The molecule has 1 heterocycles. The predicted molar refractivity (Wildman–Crippen MR) is 66.5 cm³/mol. The number of hydrogen-bond acceptors (Lipinski definition) is 3. The molecular formula is C12H10N2O4. The highest BCUT2D eigenvalue weighted by Crippen LogP contribution is 2.10. The maximum Gasteiger partial charge on any atom is 0.326 e. The van der Waals surface area contributed by atoms with Crippen LogP contribution in [-0.4, -0.2) is 21.0 Å². The van der Waals surface area contributed by atoms with Crippen LogP contribution in [0.25, 0.3) is 17.0 Å². The summed E-state index contributed by atoms with van der Waals surface area (Å²) in [4.78, 5) is 37.6. The van der Waals surface area contributed by atoms with Gasteiger partial charge in [-0.3, -0.25) is 14.6 Å². The van der Waals surface area contributed by atoms with Crippen molar-refractivity contribution in [2.24, 2.45) is 0 Å². The number of carbonyl (C=O) groups is 1. The lowest BCUT2D eigenvalue weighted by Gasteiger charge is -1.98. The van der Waals surface area contributed by atoms with Gasteiger partial charge in [0.2, 0.25) is 0 Å². The minimum absolute atomic E-state index is 0.0833. The van der Waals surface area contributed by atoms with Crippen molar-refractivity contribution in [2.45, 2.75) is 6.42 Å². The first-order valence-corrected chi connectivity index (χ1v) is 5.21. The van der Waals surface area contributed by atoms with Crippen molar-refractivity contribution in [3.63, 3.8) is 0 Å². The molecule has 0 saturated heterocycles. The summed E-state index contributed by atoms with van der Waals surface area (Å²) in [6.07, 6.45) is 3.02. The summed E-state index contributed by atoms with van der Waals surface area (Å²) in [7, 11) is 0. The number of nitrogens with one attached hydrogen (secondary N) is 2. The van der Waals surface area contributed by atoms with E-state index >= 15 is 0 Å². The zero-order valence-corrected chi connectivity index (χ0v) is 9.27. The Balaban J connectivity index is 2.45. The average Bonchev–Trinajstić information content (AvgIpc) is 2.29. The third-order valence-electron chi connectivity index (χ3n) is 2.37. The summed E-state index contributed by atoms with van der Waals surface area (Å²) in [6, 6.07) is 4.88. The molecule has 0 atom stereocenters. The molecule has 0 aliphatic carbocycles. The Kier molecular flexibility index (Phi) is 3.09. The summed E-state index contributed by atoms with van der Waals surface area (Å²) >= 11 is 0. The Morgan fingerprint density at radius 1 is 1.28 bits per heavy atom. The number of fused-ring (bicyclic) bond motifs is 1. The first kappa shape index (κ1) is 11.8. The lowest BCUT2D eigenvalue weighted by atomic mass is 10.1. The molecule has 2 aromatic rings. The molecule has 0 fully saturated rings. The Labute approximate surface area is 101 Å². The maximum absolute atomic E-state index is 11.5. The van der Waals surface area contributed by atoms with E-state index in [1.165, 1.54) is 6.08 Å². The third kappa shape index (κ3) is 2.54. The standard InChI is InChI=1S/C12H10N2O4/c15-10(16)3-1-2-7-4-5-9-8(6-7)11(17)14-12(18)13-9/h1-2,4-6H,3H2,(H,15,16)(H2,13,14,17,18). The van der Waals surface area contributed by atoms with Crippen molar-refractivity contribution in [2.75, 3.05) is 0 Å². The lowest BCUT2D eigenvalue weighted by molar-refractivity contribution is -0.135. The number of aliphatic carboxylic acids is 1. The van der Waals surface area contributed by atoms with Crippen molar-refractivity contribution in [3.05, 3.63) is 50.7 Å². The van der Waals surface area contributed by atoms with Crippen molar-refractivity contribution < 1.29 is 9.90 Å². The van der Waals surface area contributed by atoms with Gasteiger partial charge in [-0.2, -0.15) is 0 Å². The number of aromatic nitrogens is 2. The topological polar surface area (TPSA) is 103 Å². The van der Waals surface area contributed by atoms with Crippen molar-refractivity contribution in [1.82, 2.24) is 9.97 Å². The van der Waals surface area contributed by atoms with Gasteiger partial charge in [-0.1, -0.05) is 18.2 Å². The van der Waals surface area contributed by atoms with Gasteiger partial charge in [0.1, 0.15) is 0 Å². The zero-order chi connectivity index (χ0) is 13.1. The number of H-pyrrole nitrogens is 2. The van der Waals surface area contributed by atoms with Crippen LogP contribution in [0, 0.1) is 0 Å². The molecule has 2 rings (SSSR count). The van der Waals surface area contributed by atoms with Crippen molar-refractivity contribution in [3.8, 4) is 0 Å². The van der Waals surface area contributed by atoms with E-state index in [-0.39, 0.29) is 6.42 Å². The second-order valence-electron chi connectivity index (χ2n) is 3.71. The van der Waals surface area contributed by atoms with Gasteiger partial charge in [0.25, 0.3) is 5.56 Å². The summed E-state index contributed by atoms with van der Waals surface area (Å²) < 4.78 is 0. The van der Waals surface area contributed by atoms with E-state index in [0.29, 0.717) is 16.5 Å². The molecule has 0 amide bonds. The van der Waals surface area contributed by atoms with Crippen LogP contribution in [0.3, 0.4) is 0 Å². The highest BCUT2D eigenvalue weighted by Gasteiger charge is 2.00. The smallest absolute Gasteiger partial charge is 0.326 e. The molecule has 0 bridgehead atoms. The van der Waals surface area contributed by atoms with Crippen LogP contribution in [0.1, 0.15) is 12.0 Å². The number of rotatable bonds is 3. The van der Waals surface area contributed by atoms with E-state index in [0.717, 1.165) is 0 Å². The van der Waals surface area contributed by atoms with Gasteiger partial charge in [-0.15, -0.1) is 0 Å². The second kappa shape index (κ2) is 4.70. The fraction of sp³-hybridized carbons (Fsp3) is 0.0833. The quantitative estimate of drug-likeness (QED) is 0.741. The fourth-order valence-electron chi connectivity index (χ4n) is 1.58. The molecule has 0 unspecified atom stereocenters. The molecule has 92 valence electrons. The summed E-state index contributed by atoms with van der Waals surface area (Å²) in [5, 5.41) is 8.85. The largest absolute Gasteiger partial charge is 0.481 e. The van der Waals surface area contributed by atoms with E-state index in [4.69, 9.17) is 5.11 Å².